The number of pyridine rings is 1. The molecule has 2 aliphatic rings. The minimum Gasteiger partial charge on any atom is -0.396 e. The standard InChI is InChI=1S/C34H52N2O2/c1-33(2)19-20-34(3,4)30-25-28(15-16-29(30)33)31-13-10-14-32(35-31)36-21-17-27(18-22-36)26(11-6-8-23-37)12-7-9-24-38-5/h10,13-16,25-27,37H,6-9,11-12,17-24H2,1-5H3. The van der Waals surface area contributed by atoms with Gasteiger partial charge in [-0.15, -0.1) is 0 Å². The van der Waals surface area contributed by atoms with Gasteiger partial charge >= 0.3 is 0 Å². The summed E-state index contributed by atoms with van der Waals surface area (Å²) in [6.45, 7) is 12.9. The smallest absolute Gasteiger partial charge is 0.129 e. The molecule has 1 saturated heterocycles. The second-order valence-corrected chi connectivity index (χ2v) is 13.2. The van der Waals surface area contributed by atoms with E-state index < -0.39 is 0 Å². The van der Waals surface area contributed by atoms with E-state index in [1.807, 2.05) is 0 Å². The van der Waals surface area contributed by atoms with E-state index in [4.69, 9.17) is 9.72 Å². The van der Waals surface area contributed by atoms with Gasteiger partial charge in [0.15, 0.2) is 0 Å². The number of fused-ring (bicyclic) bond motifs is 1. The van der Waals surface area contributed by atoms with E-state index in [1.54, 1.807) is 7.11 Å². The van der Waals surface area contributed by atoms with E-state index in [1.165, 1.54) is 61.6 Å². The summed E-state index contributed by atoms with van der Waals surface area (Å²) in [6.07, 6.45) is 12.0. The van der Waals surface area contributed by atoms with Crippen LogP contribution in [0.3, 0.4) is 0 Å². The molecule has 0 radical (unpaired) electrons. The van der Waals surface area contributed by atoms with Crippen molar-refractivity contribution in [3.05, 3.63) is 47.5 Å². The highest BCUT2D eigenvalue weighted by Crippen LogP contribution is 2.46. The van der Waals surface area contributed by atoms with Crippen molar-refractivity contribution in [2.45, 2.75) is 103 Å². The molecule has 0 bridgehead atoms. The molecule has 4 rings (SSSR count). The molecular weight excluding hydrogens is 468 g/mol. The summed E-state index contributed by atoms with van der Waals surface area (Å²) in [7, 11) is 1.80. The van der Waals surface area contributed by atoms with Gasteiger partial charge in [0.05, 0.1) is 5.69 Å². The van der Waals surface area contributed by atoms with Crippen LogP contribution in [0.4, 0.5) is 5.82 Å². The van der Waals surface area contributed by atoms with Gasteiger partial charge in [-0.1, -0.05) is 71.6 Å². The summed E-state index contributed by atoms with van der Waals surface area (Å²) in [4.78, 5) is 7.69. The number of benzene rings is 1. The van der Waals surface area contributed by atoms with E-state index >= 15 is 0 Å². The van der Waals surface area contributed by atoms with Gasteiger partial charge in [-0.2, -0.15) is 0 Å². The van der Waals surface area contributed by atoms with Crippen LogP contribution in [0.2, 0.25) is 0 Å². The average Bonchev–Trinajstić information content (AvgIpc) is 2.93. The number of unbranched alkanes of at least 4 members (excludes halogenated alkanes) is 2. The van der Waals surface area contributed by atoms with Gasteiger partial charge in [0, 0.05) is 39.0 Å². The first kappa shape index (κ1) is 29.1. The summed E-state index contributed by atoms with van der Waals surface area (Å²) in [6, 6.07) is 13.6. The minimum absolute atomic E-state index is 0.206. The maximum absolute atomic E-state index is 9.28. The maximum Gasteiger partial charge on any atom is 0.129 e. The zero-order valence-corrected chi connectivity index (χ0v) is 24.8. The molecule has 0 amide bonds. The Balaban J connectivity index is 1.44. The van der Waals surface area contributed by atoms with Gasteiger partial charge < -0.3 is 14.7 Å². The lowest BCUT2D eigenvalue weighted by Gasteiger charge is -2.42. The Morgan fingerprint density at radius 1 is 0.921 bits per heavy atom. The number of aliphatic hydroxyl groups is 1. The molecule has 0 saturated carbocycles. The van der Waals surface area contributed by atoms with Gasteiger partial charge in [-0.25, -0.2) is 4.98 Å². The number of aromatic nitrogens is 1. The molecule has 1 N–H and O–H groups in total. The third-order valence-corrected chi connectivity index (χ3v) is 9.57. The third-order valence-electron chi connectivity index (χ3n) is 9.57. The molecule has 2 aromatic rings. The number of ether oxygens (including phenoxy) is 1. The lowest BCUT2D eigenvalue weighted by molar-refractivity contribution is 0.180. The highest BCUT2D eigenvalue weighted by molar-refractivity contribution is 5.65. The van der Waals surface area contributed by atoms with Crippen molar-refractivity contribution in [1.82, 2.24) is 4.98 Å². The minimum atomic E-state index is 0.206. The fourth-order valence-electron chi connectivity index (χ4n) is 6.90. The number of piperidine rings is 1. The molecule has 1 aromatic carbocycles. The summed E-state index contributed by atoms with van der Waals surface area (Å²) in [5.74, 6) is 2.67. The molecular formula is C34H52N2O2. The van der Waals surface area contributed by atoms with Crippen LogP contribution in [-0.2, 0) is 15.6 Å². The number of hydrogen-bond acceptors (Lipinski definition) is 4. The van der Waals surface area contributed by atoms with Crippen molar-refractivity contribution in [1.29, 1.82) is 0 Å². The van der Waals surface area contributed by atoms with Crippen molar-refractivity contribution in [3.63, 3.8) is 0 Å². The summed E-state index contributed by atoms with van der Waals surface area (Å²) in [5, 5.41) is 9.28. The van der Waals surface area contributed by atoms with Crippen LogP contribution in [0.15, 0.2) is 36.4 Å². The van der Waals surface area contributed by atoms with Crippen LogP contribution >= 0.6 is 0 Å². The number of rotatable bonds is 12. The Kier molecular flexibility index (Phi) is 9.92. The molecule has 4 nitrogen and oxygen atoms in total. The van der Waals surface area contributed by atoms with Crippen LogP contribution in [0.25, 0.3) is 11.3 Å². The number of aliphatic hydroxyl groups excluding tert-OH is 1. The average molecular weight is 521 g/mol. The SMILES string of the molecule is COCCCCC(CCCCO)C1CCN(c2cccc(-c3ccc4c(c3)C(C)(C)CCC4(C)C)n2)CC1. The number of hydrogen-bond donors (Lipinski definition) is 1. The molecule has 2 heterocycles. The van der Waals surface area contributed by atoms with E-state index in [2.05, 4.69) is 69.0 Å². The number of anilines is 1. The molecule has 4 heteroatoms. The van der Waals surface area contributed by atoms with E-state index in [0.29, 0.717) is 6.61 Å². The fraction of sp³-hybridized carbons (Fsp3) is 0.676. The second kappa shape index (κ2) is 13.0. The highest BCUT2D eigenvalue weighted by Gasteiger charge is 2.37. The van der Waals surface area contributed by atoms with Crippen LogP contribution in [0.1, 0.15) is 103 Å². The molecule has 210 valence electrons. The van der Waals surface area contributed by atoms with Gasteiger partial charge in [-0.3, -0.25) is 0 Å². The number of nitrogens with zero attached hydrogens (tertiary/aromatic N) is 2. The monoisotopic (exact) mass is 520 g/mol. The molecule has 1 aliphatic heterocycles. The quantitative estimate of drug-likeness (QED) is 0.289. The van der Waals surface area contributed by atoms with E-state index in [9.17, 15) is 5.11 Å². The summed E-state index contributed by atoms with van der Waals surface area (Å²) >= 11 is 0. The van der Waals surface area contributed by atoms with Gasteiger partial charge in [0.2, 0.25) is 0 Å². The normalized spacial score (nSPS) is 19.8. The Labute approximate surface area is 232 Å². The highest BCUT2D eigenvalue weighted by atomic mass is 16.5. The third kappa shape index (κ3) is 6.99. The van der Waals surface area contributed by atoms with Gasteiger partial charge in [-0.05, 0) is 90.5 Å². The van der Waals surface area contributed by atoms with Crippen molar-refractivity contribution in [2.24, 2.45) is 11.8 Å². The first-order valence-electron chi connectivity index (χ1n) is 15.2. The zero-order chi connectivity index (χ0) is 27.2. The molecule has 0 spiro atoms. The zero-order valence-electron chi connectivity index (χ0n) is 24.8. The molecule has 1 aromatic heterocycles. The fourth-order valence-corrected chi connectivity index (χ4v) is 6.90. The van der Waals surface area contributed by atoms with Crippen molar-refractivity contribution < 1.29 is 9.84 Å². The second-order valence-electron chi connectivity index (χ2n) is 13.2. The Hall–Kier alpha value is -1.91. The molecule has 1 aliphatic carbocycles. The van der Waals surface area contributed by atoms with Crippen LogP contribution in [0.5, 0.6) is 0 Å². The van der Waals surface area contributed by atoms with Crippen LogP contribution in [-0.4, -0.2) is 43.5 Å². The Morgan fingerprint density at radius 2 is 1.61 bits per heavy atom. The lowest BCUT2D eigenvalue weighted by Crippen LogP contribution is -2.36. The van der Waals surface area contributed by atoms with Crippen molar-refractivity contribution in [3.8, 4) is 11.3 Å². The van der Waals surface area contributed by atoms with E-state index in [-0.39, 0.29) is 10.8 Å². The van der Waals surface area contributed by atoms with Gasteiger partial charge in [0.1, 0.15) is 5.82 Å². The molecule has 1 atom stereocenters. The molecule has 1 fully saturated rings. The van der Waals surface area contributed by atoms with Crippen molar-refractivity contribution in [2.75, 3.05) is 38.3 Å². The summed E-state index contributed by atoms with van der Waals surface area (Å²) < 4.78 is 5.27. The Bertz CT molecular complexity index is 1020. The Morgan fingerprint density at radius 3 is 2.29 bits per heavy atom. The van der Waals surface area contributed by atoms with Crippen molar-refractivity contribution >= 4 is 5.82 Å². The predicted octanol–water partition coefficient (Wildman–Crippen LogP) is 7.91. The maximum atomic E-state index is 9.28. The van der Waals surface area contributed by atoms with E-state index in [0.717, 1.165) is 62.3 Å². The first-order chi connectivity index (χ1) is 18.2. The van der Waals surface area contributed by atoms with Crippen LogP contribution < -0.4 is 4.90 Å². The number of methoxy groups -OCH3 is 1. The predicted molar refractivity (Wildman–Crippen MR) is 160 cm³/mol. The largest absolute Gasteiger partial charge is 0.396 e. The molecule has 38 heavy (non-hydrogen) atoms. The summed E-state index contributed by atoms with van der Waals surface area (Å²) in [5.41, 5.74) is 5.78. The first-order valence-corrected chi connectivity index (χ1v) is 15.2. The topological polar surface area (TPSA) is 45.6 Å². The van der Waals surface area contributed by atoms with Gasteiger partial charge in [0.25, 0.3) is 0 Å². The van der Waals surface area contributed by atoms with Crippen LogP contribution in [0, 0.1) is 11.8 Å². The molecule has 1 unspecified atom stereocenters. The lowest BCUT2D eigenvalue weighted by atomic mass is 9.63.